The Morgan fingerprint density at radius 3 is 2.81 bits per heavy atom. The Kier molecular flexibility index (Phi) is 7.28. The molecule has 0 aliphatic carbocycles. The SMILES string of the molecule is CC(C)N(CCCCc1nc2cc(F)c(Cl)cc2[nH]1)C[C@H]1OC(n2cnc3c(N)ncnc32)[C@H](O)[C@@H]1O. The van der Waals surface area contributed by atoms with Crippen LogP contribution >= 0.6 is 11.6 Å². The number of rotatable bonds is 9. The summed E-state index contributed by atoms with van der Waals surface area (Å²) in [5.74, 6) is 0.533. The lowest BCUT2D eigenvalue weighted by Crippen LogP contribution is -2.43. The molecule has 1 aliphatic rings. The lowest BCUT2D eigenvalue weighted by atomic mass is 10.1. The fourth-order valence-electron chi connectivity index (χ4n) is 4.74. The van der Waals surface area contributed by atoms with Gasteiger partial charge in [0.2, 0.25) is 0 Å². The van der Waals surface area contributed by atoms with Crippen molar-refractivity contribution >= 4 is 39.6 Å². The second-order valence-electron chi connectivity index (χ2n) is 9.64. The van der Waals surface area contributed by atoms with E-state index in [1.54, 1.807) is 10.6 Å². The first kappa shape index (κ1) is 25.7. The molecule has 0 spiro atoms. The molecule has 11 nitrogen and oxygen atoms in total. The van der Waals surface area contributed by atoms with Gasteiger partial charge in [0.1, 0.15) is 41.8 Å². The van der Waals surface area contributed by atoms with Crippen LogP contribution in [0.3, 0.4) is 0 Å². The average Bonchev–Trinajstić information content (AvgIpc) is 3.53. The number of nitrogens with two attached hydrogens (primary N) is 1. The number of nitrogens with one attached hydrogen (secondary N) is 1. The van der Waals surface area contributed by atoms with E-state index in [1.165, 1.54) is 18.7 Å². The summed E-state index contributed by atoms with van der Waals surface area (Å²) in [7, 11) is 0. The summed E-state index contributed by atoms with van der Waals surface area (Å²) in [5.41, 5.74) is 7.99. The number of hydrogen-bond acceptors (Lipinski definition) is 9. The number of unbranched alkanes of at least 4 members (excludes halogenated alkanes) is 1. The number of aliphatic hydroxyl groups is 2. The number of H-pyrrole nitrogens is 1. The van der Waals surface area contributed by atoms with E-state index in [1.807, 2.05) is 0 Å². The summed E-state index contributed by atoms with van der Waals surface area (Å²) in [6, 6.07) is 3.08. The number of hydrogen-bond donors (Lipinski definition) is 4. The minimum Gasteiger partial charge on any atom is -0.387 e. The van der Waals surface area contributed by atoms with Gasteiger partial charge in [0, 0.05) is 25.1 Å². The largest absolute Gasteiger partial charge is 0.387 e. The number of ether oxygens (including phenoxy) is 1. The molecule has 0 radical (unpaired) electrons. The number of halogens is 2. The van der Waals surface area contributed by atoms with Gasteiger partial charge < -0.3 is 25.7 Å². The first-order chi connectivity index (χ1) is 17.7. The molecule has 1 aliphatic heterocycles. The molecule has 0 bridgehead atoms. The Balaban J connectivity index is 1.19. The van der Waals surface area contributed by atoms with Gasteiger partial charge in [0.15, 0.2) is 17.7 Å². The van der Waals surface area contributed by atoms with Gasteiger partial charge in [-0.15, -0.1) is 0 Å². The number of imidazole rings is 2. The maximum atomic E-state index is 13.7. The van der Waals surface area contributed by atoms with E-state index < -0.39 is 30.4 Å². The highest BCUT2D eigenvalue weighted by Crippen LogP contribution is 2.32. The molecule has 0 saturated carbocycles. The summed E-state index contributed by atoms with van der Waals surface area (Å²) < 4.78 is 21.4. The van der Waals surface area contributed by atoms with Gasteiger partial charge in [-0.1, -0.05) is 11.6 Å². The summed E-state index contributed by atoms with van der Waals surface area (Å²) in [4.78, 5) is 22.2. The number of nitrogens with zero attached hydrogens (tertiary/aromatic N) is 6. The van der Waals surface area contributed by atoms with Crippen molar-refractivity contribution in [2.75, 3.05) is 18.8 Å². The van der Waals surface area contributed by atoms with Crippen molar-refractivity contribution in [1.29, 1.82) is 0 Å². The molecule has 1 aromatic carbocycles. The highest BCUT2D eigenvalue weighted by Gasteiger charge is 2.45. The van der Waals surface area contributed by atoms with Gasteiger partial charge >= 0.3 is 0 Å². The third-order valence-electron chi connectivity index (χ3n) is 6.83. The summed E-state index contributed by atoms with van der Waals surface area (Å²) >= 11 is 5.86. The predicted molar refractivity (Wildman–Crippen MR) is 136 cm³/mol. The zero-order valence-electron chi connectivity index (χ0n) is 20.6. The molecule has 5 N–H and O–H groups in total. The lowest BCUT2D eigenvalue weighted by Gasteiger charge is -2.30. The first-order valence-electron chi connectivity index (χ1n) is 12.2. The molecule has 3 aromatic heterocycles. The monoisotopic (exact) mass is 532 g/mol. The molecule has 0 amide bonds. The third-order valence-corrected chi connectivity index (χ3v) is 7.11. The molecule has 4 heterocycles. The zero-order valence-corrected chi connectivity index (χ0v) is 21.3. The van der Waals surface area contributed by atoms with Gasteiger partial charge in [-0.05, 0) is 39.3 Å². The van der Waals surface area contributed by atoms with Gasteiger partial charge in [-0.2, -0.15) is 0 Å². The van der Waals surface area contributed by atoms with Crippen LogP contribution in [-0.4, -0.2) is 82.0 Å². The fraction of sp³-hybridized carbons (Fsp3) is 0.500. The molecule has 1 fully saturated rings. The van der Waals surface area contributed by atoms with E-state index >= 15 is 0 Å². The van der Waals surface area contributed by atoms with Gasteiger partial charge in [0.25, 0.3) is 0 Å². The molecule has 37 heavy (non-hydrogen) atoms. The maximum Gasteiger partial charge on any atom is 0.167 e. The minimum atomic E-state index is -1.15. The fourth-order valence-corrected chi connectivity index (χ4v) is 4.90. The second kappa shape index (κ2) is 10.5. The quantitative estimate of drug-likeness (QED) is 0.238. The van der Waals surface area contributed by atoms with Crippen LogP contribution in [-0.2, 0) is 11.2 Å². The Hall–Kier alpha value is -2.90. The molecule has 1 unspecified atom stereocenters. The van der Waals surface area contributed by atoms with E-state index in [0.717, 1.165) is 25.2 Å². The molecule has 1 saturated heterocycles. The third kappa shape index (κ3) is 5.12. The molecular weight excluding hydrogens is 503 g/mol. The van der Waals surface area contributed by atoms with Crippen molar-refractivity contribution in [3.8, 4) is 0 Å². The number of fused-ring (bicyclic) bond motifs is 2. The highest BCUT2D eigenvalue weighted by atomic mass is 35.5. The maximum absolute atomic E-state index is 13.7. The predicted octanol–water partition coefficient (Wildman–Crippen LogP) is 2.43. The first-order valence-corrected chi connectivity index (χ1v) is 12.6. The van der Waals surface area contributed by atoms with Crippen LogP contribution < -0.4 is 5.73 Å². The average molecular weight is 533 g/mol. The van der Waals surface area contributed by atoms with Crippen molar-refractivity contribution in [3.63, 3.8) is 0 Å². The summed E-state index contributed by atoms with van der Waals surface area (Å²) in [6.45, 7) is 5.37. The Bertz CT molecular complexity index is 1360. The number of aromatic nitrogens is 6. The lowest BCUT2D eigenvalue weighted by molar-refractivity contribution is -0.0469. The normalized spacial score (nSPS) is 22.3. The van der Waals surface area contributed by atoms with E-state index in [-0.39, 0.29) is 16.9 Å². The van der Waals surface area contributed by atoms with Crippen LogP contribution in [0.25, 0.3) is 22.2 Å². The standard InChI is InChI=1S/C24H30ClFN8O3/c1-12(2)33(6-4-3-5-18-31-15-7-13(25)14(26)8-16(15)32-18)9-17-20(35)21(36)24(37-17)34-11-30-19-22(27)28-10-29-23(19)34/h7-8,10-12,17,20-21,24,35-36H,3-6,9H2,1-2H3,(H,31,32)(H2,27,28,29)/t17-,20-,21-,24?/m1/s1. The van der Waals surface area contributed by atoms with E-state index in [2.05, 4.69) is 43.7 Å². The highest BCUT2D eigenvalue weighted by molar-refractivity contribution is 6.31. The van der Waals surface area contributed by atoms with Crippen LogP contribution in [0.5, 0.6) is 0 Å². The van der Waals surface area contributed by atoms with Crippen molar-refractivity contribution < 1.29 is 19.3 Å². The Morgan fingerprint density at radius 1 is 1.22 bits per heavy atom. The number of anilines is 1. The molecular formula is C24H30ClFN8O3. The second-order valence-corrected chi connectivity index (χ2v) is 10.0. The molecule has 198 valence electrons. The van der Waals surface area contributed by atoms with Crippen LogP contribution in [0.15, 0.2) is 24.8 Å². The zero-order chi connectivity index (χ0) is 26.3. The molecule has 5 rings (SSSR count). The smallest absolute Gasteiger partial charge is 0.167 e. The molecule has 4 aromatic rings. The van der Waals surface area contributed by atoms with E-state index in [9.17, 15) is 14.6 Å². The van der Waals surface area contributed by atoms with Gasteiger partial charge in [0.05, 0.1) is 22.4 Å². The Morgan fingerprint density at radius 2 is 2.03 bits per heavy atom. The van der Waals surface area contributed by atoms with Crippen LogP contribution in [0, 0.1) is 5.82 Å². The van der Waals surface area contributed by atoms with Crippen molar-refractivity contribution in [2.45, 2.75) is 63.7 Å². The van der Waals surface area contributed by atoms with Crippen molar-refractivity contribution in [3.05, 3.63) is 41.5 Å². The van der Waals surface area contributed by atoms with E-state index in [0.29, 0.717) is 35.2 Å². The number of aromatic amines is 1. The number of nitrogen functional groups attached to an aromatic ring is 1. The van der Waals surface area contributed by atoms with Gasteiger partial charge in [-0.3, -0.25) is 9.47 Å². The molecule has 13 heteroatoms. The number of aryl methyl sites for hydroxylation is 1. The summed E-state index contributed by atoms with van der Waals surface area (Å²) in [5, 5.41) is 21.6. The molecule has 4 atom stereocenters. The van der Waals surface area contributed by atoms with Crippen LogP contribution in [0.2, 0.25) is 5.02 Å². The number of benzene rings is 1. The van der Waals surface area contributed by atoms with Crippen LogP contribution in [0.1, 0.15) is 38.7 Å². The van der Waals surface area contributed by atoms with Gasteiger partial charge in [-0.25, -0.2) is 24.3 Å². The van der Waals surface area contributed by atoms with E-state index in [4.69, 9.17) is 22.1 Å². The topological polar surface area (TPSA) is 151 Å². The van der Waals surface area contributed by atoms with Crippen molar-refractivity contribution in [2.24, 2.45) is 0 Å². The summed E-state index contributed by atoms with van der Waals surface area (Å²) in [6.07, 6.45) is 1.58. The minimum absolute atomic E-state index is 0.0672. The van der Waals surface area contributed by atoms with Crippen LogP contribution in [0.4, 0.5) is 10.2 Å². The number of aliphatic hydroxyl groups excluding tert-OH is 2. The Labute approximate surface area is 217 Å². The van der Waals surface area contributed by atoms with Crippen molar-refractivity contribution in [1.82, 2.24) is 34.4 Å².